The van der Waals surface area contributed by atoms with Gasteiger partial charge in [0, 0.05) is 13.1 Å². The lowest BCUT2D eigenvalue weighted by molar-refractivity contribution is -0.888. The Kier molecular flexibility index (Phi) is 5.15. The second kappa shape index (κ2) is 5.11. The van der Waals surface area contributed by atoms with Gasteiger partial charge in [0.25, 0.3) is 0 Å². The first-order valence-electron chi connectivity index (χ1n) is 4.54. The van der Waals surface area contributed by atoms with E-state index in [9.17, 15) is 4.57 Å². The van der Waals surface area contributed by atoms with E-state index in [-0.39, 0.29) is 0 Å². The van der Waals surface area contributed by atoms with Gasteiger partial charge in [0.05, 0.1) is 33.8 Å². The van der Waals surface area contributed by atoms with Crippen LogP contribution < -0.4 is 0 Å². The van der Waals surface area contributed by atoms with Crippen molar-refractivity contribution in [2.75, 3.05) is 40.5 Å². The highest BCUT2D eigenvalue weighted by Gasteiger charge is 2.13. The maximum Gasteiger partial charge on any atom is 0.325 e. The lowest BCUT2D eigenvalue weighted by Gasteiger charge is -2.28. The molecule has 0 aliphatic rings. The molecule has 0 rings (SSSR count). The van der Waals surface area contributed by atoms with E-state index in [0.717, 1.165) is 24.0 Å². The predicted molar refractivity (Wildman–Crippen MR) is 53.8 cm³/mol. The first kappa shape index (κ1) is 13.1. The van der Waals surface area contributed by atoms with E-state index < -0.39 is 7.60 Å². The molecular formula is C8H21NO3P+. The Hall–Kier alpha value is 0.110. The average Bonchev–Trinajstić information content (AvgIpc) is 1.97. The van der Waals surface area contributed by atoms with Gasteiger partial charge in [0.2, 0.25) is 0 Å². The summed E-state index contributed by atoms with van der Waals surface area (Å²) in [7, 11) is 0.996. The highest BCUT2D eigenvalue weighted by molar-refractivity contribution is 7.51. The van der Waals surface area contributed by atoms with E-state index in [1.807, 2.05) is 0 Å². The van der Waals surface area contributed by atoms with Crippen molar-refractivity contribution < 1.29 is 18.5 Å². The SMILES string of the molecule is CC[N+](C)(C)CCCOP(C)(=O)O. The van der Waals surface area contributed by atoms with E-state index >= 15 is 0 Å². The van der Waals surface area contributed by atoms with Crippen molar-refractivity contribution in [2.45, 2.75) is 13.3 Å². The van der Waals surface area contributed by atoms with Gasteiger partial charge in [0.15, 0.2) is 0 Å². The fraction of sp³-hybridized carbons (Fsp3) is 1.00. The molecule has 1 unspecified atom stereocenters. The summed E-state index contributed by atoms with van der Waals surface area (Å²) in [4.78, 5) is 8.83. The van der Waals surface area contributed by atoms with Gasteiger partial charge >= 0.3 is 7.60 Å². The molecule has 1 N–H and O–H groups in total. The Labute approximate surface area is 80.6 Å². The predicted octanol–water partition coefficient (Wildman–Crippen LogP) is 1.30. The number of rotatable bonds is 6. The zero-order valence-electron chi connectivity index (χ0n) is 8.99. The minimum Gasteiger partial charge on any atom is -0.329 e. The Morgan fingerprint density at radius 2 is 2.00 bits per heavy atom. The van der Waals surface area contributed by atoms with Crippen LogP contribution in [0.5, 0.6) is 0 Å². The topological polar surface area (TPSA) is 46.5 Å². The molecule has 0 saturated heterocycles. The standard InChI is InChI=1S/C8H20NO3P/c1-5-9(2,3)7-6-8-12-13(4,10)11/h5-8H2,1-4H3/p+1. The minimum atomic E-state index is -3.26. The van der Waals surface area contributed by atoms with Gasteiger partial charge in [-0.1, -0.05) is 0 Å². The van der Waals surface area contributed by atoms with E-state index in [2.05, 4.69) is 21.0 Å². The average molecular weight is 210 g/mol. The smallest absolute Gasteiger partial charge is 0.325 e. The molecule has 0 saturated carbocycles. The molecule has 80 valence electrons. The zero-order chi connectivity index (χ0) is 10.5. The molecule has 0 spiro atoms. The zero-order valence-corrected chi connectivity index (χ0v) is 9.88. The van der Waals surface area contributed by atoms with Crippen LogP contribution in [-0.2, 0) is 9.09 Å². The summed E-state index contributed by atoms with van der Waals surface area (Å²) < 4.78 is 16.4. The highest BCUT2D eigenvalue weighted by atomic mass is 31.2. The molecule has 0 fully saturated rings. The molecule has 0 aromatic heterocycles. The summed E-state index contributed by atoms with van der Waals surface area (Å²) in [6, 6.07) is 0. The molecular weight excluding hydrogens is 189 g/mol. The third-order valence-electron chi connectivity index (χ3n) is 2.09. The van der Waals surface area contributed by atoms with Crippen molar-refractivity contribution in [3.63, 3.8) is 0 Å². The summed E-state index contributed by atoms with van der Waals surface area (Å²) in [5, 5.41) is 0. The summed E-state index contributed by atoms with van der Waals surface area (Å²) in [6.45, 7) is 5.73. The number of quaternary nitrogens is 1. The lowest BCUT2D eigenvalue weighted by atomic mass is 10.3. The van der Waals surface area contributed by atoms with Crippen LogP contribution >= 0.6 is 7.60 Å². The summed E-state index contributed by atoms with van der Waals surface area (Å²) in [5.74, 6) is 0. The quantitative estimate of drug-likeness (QED) is 0.408. The molecule has 0 bridgehead atoms. The second-order valence-electron chi connectivity index (χ2n) is 3.97. The van der Waals surface area contributed by atoms with Gasteiger partial charge in [-0.15, -0.1) is 0 Å². The van der Waals surface area contributed by atoms with Crippen LogP contribution in [0.2, 0.25) is 0 Å². The number of nitrogens with zero attached hydrogens (tertiary/aromatic N) is 1. The van der Waals surface area contributed by atoms with Crippen LogP contribution in [0.1, 0.15) is 13.3 Å². The minimum absolute atomic E-state index is 0.367. The van der Waals surface area contributed by atoms with Crippen molar-refractivity contribution in [1.82, 2.24) is 0 Å². The third kappa shape index (κ3) is 8.44. The molecule has 0 aromatic rings. The Balaban J connectivity index is 3.52. The molecule has 13 heavy (non-hydrogen) atoms. The molecule has 0 aliphatic carbocycles. The van der Waals surface area contributed by atoms with Crippen LogP contribution in [0.15, 0.2) is 0 Å². The highest BCUT2D eigenvalue weighted by Crippen LogP contribution is 2.36. The van der Waals surface area contributed by atoms with Gasteiger partial charge < -0.3 is 13.9 Å². The molecule has 0 aliphatic heterocycles. The molecule has 0 amide bonds. The summed E-state index contributed by atoms with van der Waals surface area (Å²) in [6.07, 6.45) is 0.819. The summed E-state index contributed by atoms with van der Waals surface area (Å²) >= 11 is 0. The van der Waals surface area contributed by atoms with Crippen LogP contribution in [0, 0.1) is 0 Å². The van der Waals surface area contributed by atoms with Gasteiger partial charge in [-0.25, -0.2) is 0 Å². The van der Waals surface area contributed by atoms with Gasteiger partial charge in [-0.3, -0.25) is 4.57 Å². The van der Waals surface area contributed by atoms with E-state index in [0.29, 0.717) is 6.61 Å². The van der Waals surface area contributed by atoms with E-state index in [4.69, 9.17) is 9.42 Å². The molecule has 5 heteroatoms. The van der Waals surface area contributed by atoms with E-state index in [1.165, 1.54) is 6.66 Å². The van der Waals surface area contributed by atoms with Crippen LogP contribution in [-0.4, -0.2) is 49.8 Å². The first-order valence-corrected chi connectivity index (χ1v) is 6.56. The van der Waals surface area contributed by atoms with E-state index in [1.54, 1.807) is 0 Å². The maximum absolute atomic E-state index is 10.7. The van der Waals surface area contributed by atoms with Crippen LogP contribution in [0.4, 0.5) is 0 Å². The van der Waals surface area contributed by atoms with Gasteiger partial charge in [-0.2, -0.15) is 0 Å². The summed E-state index contributed by atoms with van der Waals surface area (Å²) in [5.41, 5.74) is 0. The molecule has 0 heterocycles. The second-order valence-corrected chi connectivity index (χ2v) is 5.83. The van der Waals surface area contributed by atoms with Crippen molar-refractivity contribution in [3.8, 4) is 0 Å². The number of hydrogen-bond donors (Lipinski definition) is 1. The number of hydrogen-bond acceptors (Lipinski definition) is 2. The molecule has 0 aromatic carbocycles. The van der Waals surface area contributed by atoms with Crippen molar-refractivity contribution in [3.05, 3.63) is 0 Å². The van der Waals surface area contributed by atoms with Crippen LogP contribution in [0.3, 0.4) is 0 Å². The van der Waals surface area contributed by atoms with Crippen molar-refractivity contribution >= 4 is 7.60 Å². The molecule has 4 nitrogen and oxygen atoms in total. The monoisotopic (exact) mass is 210 g/mol. The van der Waals surface area contributed by atoms with Crippen molar-refractivity contribution in [2.24, 2.45) is 0 Å². The molecule has 1 atom stereocenters. The first-order chi connectivity index (χ1) is 5.77. The lowest BCUT2D eigenvalue weighted by Crippen LogP contribution is -2.40. The fourth-order valence-electron chi connectivity index (χ4n) is 0.885. The third-order valence-corrected chi connectivity index (χ3v) is 2.76. The normalized spacial score (nSPS) is 17.0. The fourth-order valence-corrected chi connectivity index (χ4v) is 1.35. The Morgan fingerprint density at radius 3 is 2.38 bits per heavy atom. The molecule has 0 radical (unpaired) electrons. The maximum atomic E-state index is 10.7. The Bertz CT molecular complexity index is 188. The van der Waals surface area contributed by atoms with Crippen molar-refractivity contribution in [1.29, 1.82) is 0 Å². The van der Waals surface area contributed by atoms with Gasteiger partial charge in [0.1, 0.15) is 0 Å². The largest absolute Gasteiger partial charge is 0.329 e. The van der Waals surface area contributed by atoms with Crippen LogP contribution in [0.25, 0.3) is 0 Å². The Morgan fingerprint density at radius 1 is 1.46 bits per heavy atom. The van der Waals surface area contributed by atoms with Gasteiger partial charge in [-0.05, 0) is 6.92 Å².